The van der Waals surface area contributed by atoms with Gasteiger partial charge in [0, 0.05) is 6.07 Å². The minimum Gasteiger partial charge on any atom is -0.481 e. The SMILES string of the molecule is CCOC(=O)C(C)N1C(=O)COc2cc(F)c(N3C(=O)c4cc(Cl)c(Cl)cc4C3=O)cc21. The molecule has 2 heterocycles. The molecule has 2 aliphatic heterocycles. The van der Waals surface area contributed by atoms with E-state index in [1.165, 1.54) is 19.1 Å². The first kappa shape index (κ1) is 22.0. The molecule has 2 aliphatic rings. The first-order chi connectivity index (χ1) is 15.1. The molecule has 0 bridgehead atoms. The standard InChI is InChI=1S/C21H15Cl2FN2O6/c1-3-31-21(30)9(2)25-16-7-15(14(24)6-17(16)32-8-18(25)27)26-19(28)10-4-12(22)13(23)5-11(10)20(26)29/h4-7,9H,3,8H2,1-2H3. The van der Waals surface area contributed by atoms with Crippen LogP contribution in [0.5, 0.6) is 5.75 Å². The predicted molar refractivity (Wildman–Crippen MR) is 113 cm³/mol. The summed E-state index contributed by atoms with van der Waals surface area (Å²) in [4.78, 5) is 52.3. The number of amides is 3. The molecule has 8 nitrogen and oxygen atoms in total. The number of carbonyl (C=O) groups is 4. The van der Waals surface area contributed by atoms with Crippen LogP contribution in [0.15, 0.2) is 24.3 Å². The fourth-order valence-electron chi connectivity index (χ4n) is 3.60. The van der Waals surface area contributed by atoms with Crippen molar-refractivity contribution in [2.24, 2.45) is 0 Å². The Morgan fingerprint density at radius 2 is 1.69 bits per heavy atom. The van der Waals surface area contributed by atoms with Gasteiger partial charge in [-0.2, -0.15) is 0 Å². The van der Waals surface area contributed by atoms with Crippen LogP contribution in [0.3, 0.4) is 0 Å². The van der Waals surface area contributed by atoms with Crippen LogP contribution < -0.4 is 14.5 Å². The van der Waals surface area contributed by atoms with Crippen LogP contribution in [0.2, 0.25) is 10.0 Å². The fraction of sp³-hybridized carbons (Fsp3) is 0.238. The van der Waals surface area contributed by atoms with Gasteiger partial charge in [-0.3, -0.25) is 19.3 Å². The highest BCUT2D eigenvalue weighted by Crippen LogP contribution is 2.41. The van der Waals surface area contributed by atoms with Gasteiger partial charge in [0.05, 0.1) is 39.2 Å². The molecule has 2 aromatic rings. The third-order valence-electron chi connectivity index (χ3n) is 5.09. The monoisotopic (exact) mass is 480 g/mol. The van der Waals surface area contributed by atoms with Gasteiger partial charge in [0.1, 0.15) is 11.8 Å². The van der Waals surface area contributed by atoms with E-state index in [4.69, 9.17) is 32.7 Å². The summed E-state index contributed by atoms with van der Waals surface area (Å²) in [6.45, 7) is 2.75. The molecule has 4 rings (SSSR count). The number of carbonyl (C=O) groups excluding carboxylic acids is 4. The third kappa shape index (κ3) is 3.37. The van der Waals surface area contributed by atoms with Gasteiger partial charge in [-0.05, 0) is 32.0 Å². The van der Waals surface area contributed by atoms with Gasteiger partial charge in [-0.15, -0.1) is 0 Å². The average Bonchev–Trinajstić information content (AvgIpc) is 2.97. The summed E-state index contributed by atoms with van der Waals surface area (Å²) in [5.41, 5.74) is -0.469. The number of fused-ring (bicyclic) bond motifs is 2. The highest BCUT2D eigenvalue weighted by molar-refractivity contribution is 6.44. The number of hydrogen-bond donors (Lipinski definition) is 0. The van der Waals surface area contributed by atoms with Crippen molar-refractivity contribution in [3.8, 4) is 5.75 Å². The largest absolute Gasteiger partial charge is 0.481 e. The van der Waals surface area contributed by atoms with E-state index in [1.807, 2.05) is 0 Å². The van der Waals surface area contributed by atoms with Crippen molar-refractivity contribution in [1.82, 2.24) is 0 Å². The van der Waals surface area contributed by atoms with Gasteiger partial charge in [-0.1, -0.05) is 23.2 Å². The second-order valence-electron chi connectivity index (χ2n) is 7.01. The maximum absolute atomic E-state index is 15.0. The van der Waals surface area contributed by atoms with E-state index in [0.717, 1.165) is 17.0 Å². The normalized spacial score (nSPS) is 16.0. The van der Waals surface area contributed by atoms with Gasteiger partial charge in [0.25, 0.3) is 17.7 Å². The summed E-state index contributed by atoms with van der Waals surface area (Å²) in [5, 5.41) is 0.125. The fourth-order valence-corrected chi connectivity index (χ4v) is 3.92. The topological polar surface area (TPSA) is 93.2 Å². The molecule has 0 saturated heterocycles. The molecule has 0 spiro atoms. The quantitative estimate of drug-likeness (QED) is 0.490. The molecule has 11 heteroatoms. The van der Waals surface area contributed by atoms with Crippen molar-refractivity contribution in [2.45, 2.75) is 19.9 Å². The molecule has 166 valence electrons. The second kappa shape index (κ2) is 8.07. The zero-order chi connectivity index (χ0) is 23.3. The number of nitrogens with zero attached hydrogens (tertiary/aromatic N) is 2. The van der Waals surface area contributed by atoms with Gasteiger partial charge >= 0.3 is 5.97 Å². The number of halogens is 3. The lowest BCUT2D eigenvalue weighted by Gasteiger charge is -2.33. The van der Waals surface area contributed by atoms with Crippen LogP contribution in [0.25, 0.3) is 0 Å². The van der Waals surface area contributed by atoms with E-state index in [1.54, 1.807) is 6.92 Å². The average molecular weight is 481 g/mol. The van der Waals surface area contributed by atoms with Crippen molar-refractivity contribution in [3.63, 3.8) is 0 Å². The Hall–Kier alpha value is -3.17. The highest BCUT2D eigenvalue weighted by atomic mass is 35.5. The molecule has 0 aliphatic carbocycles. The molecular formula is C21H15Cl2FN2O6. The Balaban J connectivity index is 1.81. The van der Waals surface area contributed by atoms with Crippen LogP contribution in [-0.4, -0.2) is 42.9 Å². The Bertz CT molecular complexity index is 1160. The summed E-state index contributed by atoms with van der Waals surface area (Å²) in [6, 6.07) is 3.48. The van der Waals surface area contributed by atoms with E-state index in [2.05, 4.69) is 0 Å². The molecule has 0 N–H and O–H groups in total. The Morgan fingerprint density at radius 3 is 2.25 bits per heavy atom. The predicted octanol–water partition coefficient (Wildman–Crippen LogP) is 3.61. The molecule has 1 unspecified atom stereocenters. The number of ether oxygens (including phenoxy) is 2. The van der Waals surface area contributed by atoms with Gasteiger partial charge < -0.3 is 9.47 Å². The van der Waals surface area contributed by atoms with Crippen molar-refractivity contribution >= 4 is 58.3 Å². The minimum absolute atomic E-state index is 0.0193. The summed E-state index contributed by atoms with van der Waals surface area (Å²) >= 11 is 11.9. The lowest BCUT2D eigenvalue weighted by molar-refractivity contribution is -0.145. The van der Waals surface area contributed by atoms with Crippen LogP contribution in [0, 0.1) is 5.82 Å². The molecular weight excluding hydrogens is 466 g/mol. The van der Waals surface area contributed by atoms with Crippen LogP contribution >= 0.6 is 23.2 Å². The maximum Gasteiger partial charge on any atom is 0.328 e. The van der Waals surface area contributed by atoms with Gasteiger partial charge in [-0.25, -0.2) is 14.1 Å². The van der Waals surface area contributed by atoms with E-state index < -0.39 is 47.8 Å². The Kier molecular flexibility index (Phi) is 5.56. The molecule has 0 aromatic heterocycles. The lowest BCUT2D eigenvalue weighted by Crippen LogP contribution is -2.48. The first-order valence-corrected chi connectivity index (χ1v) is 10.2. The van der Waals surface area contributed by atoms with Crippen LogP contribution in [-0.2, 0) is 14.3 Å². The van der Waals surface area contributed by atoms with Crippen LogP contribution in [0.4, 0.5) is 15.8 Å². The van der Waals surface area contributed by atoms with Crippen molar-refractivity contribution < 1.29 is 33.0 Å². The summed E-state index contributed by atoms with van der Waals surface area (Å²) < 4.78 is 25.3. The lowest BCUT2D eigenvalue weighted by atomic mass is 10.1. The smallest absolute Gasteiger partial charge is 0.328 e. The summed E-state index contributed by atoms with van der Waals surface area (Å²) in [7, 11) is 0. The van der Waals surface area contributed by atoms with E-state index in [0.29, 0.717) is 4.90 Å². The number of hydrogen-bond acceptors (Lipinski definition) is 6. The van der Waals surface area contributed by atoms with E-state index in [9.17, 15) is 23.6 Å². The molecule has 1 atom stereocenters. The number of imide groups is 1. The molecule has 2 aromatic carbocycles. The molecule has 0 saturated carbocycles. The van der Waals surface area contributed by atoms with Gasteiger partial charge in [0.15, 0.2) is 12.4 Å². The van der Waals surface area contributed by atoms with Crippen molar-refractivity contribution in [2.75, 3.05) is 23.0 Å². The van der Waals surface area contributed by atoms with Crippen molar-refractivity contribution in [3.05, 3.63) is 51.3 Å². The zero-order valence-electron chi connectivity index (χ0n) is 16.8. The Labute approximate surface area is 191 Å². The molecule has 0 radical (unpaired) electrons. The summed E-state index contributed by atoms with van der Waals surface area (Å²) in [6.07, 6.45) is 0. The van der Waals surface area contributed by atoms with E-state index in [-0.39, 0.29) is 39.2 Å². The maximum atomic E-state index is 15.0. The van der Waals surface area contributed by atoms with E-state index >= 15 is 0 Å². The van der Waals surface area contributed by atoms with Crippen molar-refractivity contribution in [1.29, 1.82) is 0 Å². The van der Waals surface area contributed by atoms with Crippen LogP contribution in [0.1, 0.15) is 34.6 Å². The number of esters is 1. The summed E-state index contributed by atoms with van der Waals surface area (Å²) in [5.74, 6) is -3.83. The number of rotatable bonds is 4. The highest BCUT2D eigenvalue weighted by Gasteiger charge is 2.41. The second-order valence-corrected chi connectivity index (χ2v) is 7.82. The third-order valence-corrected chi connectivity index (χ3v) is 5.81. The van der Waals surface area contributed by atoms with Gasteiger partial charge in [0.2, 0.25) is 0 Å². The minimum atomic E-state index is -1.05. The molecule has 0 fully saturated rings. The number of benzene rings is 2. The Morgan fingerprint density at radius 1 is 1.09 bits per heavy atom. The zero-order valence-corrected chi connectivity index (χ0v) is 18.3. The number of anilines is 2. The molecule has 3 amide bonds. The first-order valence-electron chi connectivity index (χ1n) is 9.48. The molecule has 32 heavy (non-hydrogen) atoms.